The van der Waals surface area contributed by atoms with E-state index in [1.54, 1.807) is 24.5 Å². The lowest BCUT2D eigenvalue weighted by Gasteiger charge is -2.04. The normalized spacial score (nSPS) is 11.3. The van der Waals surface area contributed by atoms with Crippen molar-refractivity contribution in [2.45, 2.75) is 6.42 Å². The molecule has 0 fully saturated rings. The van der Waals surface area contributed by atoms with Gasteiger partial charge in [-0.3, -0.25) is 5.84 Å². The molecule has 0 spiro atoms. The predicted octanol–water partition coefficient (Wildman–Crippen LogP) is 2.81. The number of nitrogens with one attached hydrogen (secondary N) is 1. The molecule has 0 heterocycles. The van der Waals surface area contributed by atoms with Gasteiger partial charge in [0, 0.05) is 12.1 Å². The Morgan fingerprint density at radius 1 is 1.33 bits per heavy atom. The molecule has 3 heteroatoms. The molecule has 1 aromatic rings. The van der Waals surface area contributed by atoms with E-state index in [2.05, 4.69) is 18.6 Å². The molecule has 0 atom stereocenters. The largest absolute Gasteiger partial charge is 0.470 e. The maximum Gasteiger partial charge on any atom is 0.100 e. The van der Waals surface area contributed by atoms with E-state index in [9.17, 15) is 0 Å². The summed E-state index contributed by atoms with van der Waals surface area (Å²) in [4.78, 5) is 0. The molecule has 3 nitrogen and oxygen atoms in total. The minimum atomic E-state index is 0.687. The molecule has 3 N–H and O–H groups in total. The molecular weight excluding hydrogens is 224 g/mol. The van der Waals surface area contributed by atoms with Crippen molar-refractivity contribution < 1.29 is 4.74 Å². The minimum Gasteiger partial charge on any atom is -0.470 e. The number of allylic oxidation sites excluding steroid dienone is 4. The quantitative estimate of drug-likeness (QED) is 0.334. The van der Waals surface area contributed by atoms with E-state index in [0.29, 0.717) is 17.9 Å². The van der Waals surface area contributed by atoms with Gasteiger partial charge in [0.2, 0.25) is 0 Å². The Labute approximate surface area is 108 Å². The van der Waals surface area contributed by atoms with Gasteiger partial charge in [-0.2, -0.15) is 0 Å². The van der Waals surface area contributed by atoms with E-state index < -0.39 is 0 Å². The summed E-state index contributed by atoms with van der Waals surface area (Å²) < 4.78 is 5.36. The fourth-order valence-corrected chi connectivity index (χ4v) is 1.32. The standard InChI is InChI=1S/C15H18N2O/c1-3-15(17-16)10-7-11-18-13(2)12-14-8-5-4-6-9-14/h3-11,17H,1-2,12,16H2/b11-7+,15-10+. The Hall–Kier alpha value is -2.26. The maximum atomic E-state index is 5.36. The second-order valence-corrected chi connectivity index (χ2v) is 3.62. The van der Waals surface area contributed by atoms with E-state index >= 15 is 0 Å². The van der Waals surface area contributed by atoms with Gasteiger partial charge in [0.05, 0.1) is 6.26 Å². The van der Waals surface area contributed by atoms with Crippen molar-refractivity contribution in [1.82, 2.24) is 5.43 Å². The van der Waals surface area contributed by atoms with E-state index in [1.165, 1.54) is 5.56 Å². The van der Waals surface area contributed by atoms with Crippen molar-refractivity contribution in [3.8, 4) is 0 Å². The summed E-state index contributed by atoms with van der Waals surface area (Å²) >= 11 is 0. The van der Waals surface area contributed by atoms with Crippen LogP contribution in [0.3, 0.4) is 0 Å². The number of benzene rings is 1. The van der Waals surface area contributed by atoms with Crippen LogP contribution in [0.5, 0.6) is 0 Å². The van der Waals surface area contributed by atoms with E-state index in [-0.39, 0.29) is 0 Å². The molecule has 0 radical (unpaired) electrons. The highest BCUT2D eigenvalue weighted by molar-refractivity contribution is 5.20. The van der Waals surface area contributed by atoms with Crippen LogP contribution in [0.1, 0.15) is 5.56 Å². The first-order chi connectivity index (χ1) is 8.76. The Bertz CT molecular complexity index is 447. The topological polar surface area (TPSA) is 47.3 Å². The van der Waals surface area contributed by atoms with Gasteiger partial charge < -0.3 is 10.2 Å². The number of ether oxygens (including phenoxy) is 1. The summed E-state index contributed by atoms with van der Waals surface area (Å²) in [6.45, 7) is 7.45. The van der Waals surface area contributed by atoms with Crippen LogP contribution < -0.4 is 11.3 Å². The van der Waals surface area contributed by atoms with E-state index in [0.717, 1.165) is 0 Å². The lowest BCUT2D eigenvalue weighted by molar-refractivity contribution is 0.343. The number of hydrazine groups is 1. The Morgan fingerprint density at radius 3 is 2.67 bits per heavy atom. The lowest BCUT2D eigenvalue weighted by Crippen LogP contribution is -2.19. The predicted molar refractivity (Wildman–Crippen MR) is 75.1 cm³/mol. The maximum absolute atomic E-state index is 5.36. The average molecular weight is 242 g/mol. The van der Waals surface area contributed by atoms with Crippen LogP contribution in [-0.2, 0) is 11.2 Å². The lowest BCUT2D eigenvalue weighted by atomic mass is 10.1. The number of rotatable bonds is 7. The molecule has 0 aliphatic rings. The van der Waals surface area contributed by atoms with Crippen molar-refractivity contribution in [3.63, 3.8) is 0 Å². The van der Waals surface area contributed by atoms with Gasteiger partial charge in [0.15, 0.2) is 0 Å². The SMILES string of the molecule is C=C/C(=C\C=C\OC(=C)Cc1ccccc1)NN. The van der Waals surface area contributed by atoms with Crippen molar-refractivity contribution in [2.75, 3.05) is 0 Å². The summed E-state index contributed by atoms with van der Waals surface area (Å²) in [6.07, 6.45) is 7.35. The van der Waals surface area contributed by atoms with Gasteiger partial charge in [-0.25, -0.2) is 0 Å². The fraction of sp³-hybridized carbons (Fsp3) is 0.0667. The Morgan fingerprint density at radius 2 is 2.06 bits per heavy atom. The highest BCUT2D eigenvalue weighted by Gasteiger charge is 1.95. The Kier molecular flexibility index (Phi) is 6.08. The van der Waals surface area contributed by atoms with Crippen molar-refractivity contribution in [3.05, 3.63) is 85.0 Å². The smallest absolute Gasteiger partial charge is 0.100 e. The molecule has 18 heavy (non-hydrogen) atoms. The summed E-state index contributed by atoms with van der Waals surface area (Å²) in [6, 6.07) is 10.0. The van der Waals surface area contributed by atoms with Crippen LogP contribution in [0.4, 0.5) is 0 Å². The van der Waals surface area contributed by atoms with Crippen LogP contribution in [-0.4, -0.2) is 0 Å². The van der Waals surface area contributed by atoms with Crippen LogP contribution in [0.25, 0.3) is 0 Å². The summed E-state index contributed by atoms with van der Waals surface area (Å²) in [5.74, 6) is 5.93. The van der Waals surface area contributed by atoms with Crippen LogP contribution in [0.15, 0.2) is 79.4 Å². The van der Waals surface area contributed by atoms with Crippen LogP contribution >= 0.6 is 0 Å². The molecule has 0 aromatic heterocycles. The van der Waals surface area contributed by atoms with E-state index in [4.69, 9.17) is 10.6 Å². The van der Waals surface area contributed by atoms with Gasteiger partial charge in [-0.1, -0.05) is 43.5 Å². The van der Waals surface area contributed by atoms with Gasteiger partial charge in [0.25, 0.3) is 0 Å². The van der Waals surface area contributed by atoms with Crippen LogP contribution in [0.2, 0.25) is 0 Å². The van der Waals surface area contributed by atoms with Crippen LogP contribution in [0, 0.1) is 0 Å². The second kappa shape index (κ2) is 7.92. The zero-order valence-electron chi connectivity index (χ0n) is 10.3. The highest BCUT2D eigenvalue weighted by Crippen LogP contribution is 2.07. The van der Waals surface area contributed by atoms with Gasteiger partial charge in [0.1, 0.15) is 5.76 Å². The molecule has 1 aromatic carbocycles. The number of hydrogen-bond donors (Lipinski definition) is 2. The molecule has 0 unspecified atom stereocenters. The average Bonchev–Trinajstić information content (AvgIpc) is 2.40. The van der Waals surface area contributed by atoms with Crippen molar-refractivity contribution in [1.29, 1.82) is 0 Å². The number of hydrogen-bond acceptors (Lipinski definition) is 3. The molecule has 0 aliphatic carbocycles. The van der Waals surface area contributed by atoms with Crippen molar-refractivity contribution in [2.24, 2.45) is 5.84 Å². The third kappa shape index (κ3) is 5.18. The molecular formula is C15H18N2O. The molecule has 0 amide bonds. The first kappa shape index (κ1) is 13.8. The molecule has 0 saturated heterocycles. The highest BCUT2D eigenvalue weighted by atomic mass is 16.5. The first-order valence-electron chi connectivity index (χ1n) is 5.60. The summed E-state index contributed by atoms with van der Waals surface area (Å²) in [5.41, 5.74) is 4.37. The summed E-state index contributed by atoms with van der Waals surface area (Å²) in [7, 11) is 0. The van der Waals surface area contributed by atoms with Gasteiger partial charge in [-0.15, -0.1) is 0 Å². The fourth-order valence-electron chi connectivity index (χ4n) is 1.32. The van der Waals surface area contributed by atoms with Gasteiger partial charge >= 0.3 is 0 Å². The third-order valence-corrected chi connectivity index (χ3v) is 2.22. The first-order valence-corrected chi connectivity index (χ1v) is 5.60. The van der Waals surface area contributed by atoms with E-state index in [1.807, 2.05) is 30.3 Å². The van der Waals surface area contributed by atoms with Gasteiger partial charge in [-0.05, 0) is 23.8 Å². The molecule has 94 valence electrons. The Balaban J connectivity index is 2.40. The summed E-state index contributed by atoms with van der Waals surface area (Å²) in [5, 5.41) is 0. The molecule has 1 rings (SSSR count). The minimum absolute atomic E-state index is 0.687. The zero-order valence-corrected chi connectivity index (χ0v) is 10.3. The second-order valence-electron chi connectivity index (χ2n) is 3.62. The molecule has 0 bridgehead atoms. The third-order valence-electron chi connectivity index (χ3n) is 2.22. The zero-order chi connectivity index (χ0) is 13.2. The molecule has 0 saturated carbocycles. The number of nitrogens with two attached hydrogens (primary N) is 1. The molecule has 0 aliphatic heterocycles. The van der Waals surface area contributed by atoms with Crippen molar-refractivity contribution >= 4 is 0 Å². The monoisotopic (exact) mass is 242 g/mol.